The summed E-state index contributed by atoms with van der Waals surface area (Å²) in [6, 6.07) is 8.94. The Morgan fingerprint density at radius 1 is 1.00 bits per heavy atom. The molecule has 0 radical (unpaired) electrons. The fourth-order valence-corrected chi connectivity index (χ4v) is 3.83. The Morgan fingerprint density at radius 2 is 1.68 bits per heavy atom. The SMILES string of the molecule is CC(C)C[C@H](CO)Nc1nc(NCCOCCOCCNC(=O)c2ccccc2)nc(N2CCOCC2)n1. The molecule has 1 atom stereocenters. The number of anilines is 3. The number of nitrogens with one attached hydrogen (secondary N) is 3. The number of hydrogen-bond donors (Lipinski definition) is 4. The summed E-state index contributed by atoms with van der Waals surface area (Å²) in [4.78, 5) is 27.7. The normalized spacial score (nSPS) is 14.4. The Bertz CT molecular complexity index is 945. The van der Waals surface area contributed by atoms with Crippen molar-refractivity contribution < 1.29 is 24.1 Å². The average molecular weight is 532 g/mol. The van der Waals surface area contributed by atoms with Crippen LogP contribution in [-0.2, 0) is 14.2 Å². The Balaban J connectivity index is 1.37. The number of ether oxygens (including phenoxy) is 3. The number of carbonyl (C=O) groups excluding carboxylic acids is 1. The van der Waals surface area contributed by atoms with Crippen molar-refractivity contribution in [2.45, 2.75) is 26.3 Å². The van der Waals surface area contributed by atoms with Crippen LogP contribution in [0.5, 0.6) is 0 Å². The Labute approximate surface area is 224 Å². The fraction of sp³-hybridized carbons (Fsp3) is 0.615. The zero-order valence-electron chi connectivity index (χ0n) is 22.4. The van der Waals surface area contributed by atoms with Crippen molar-refractivity contribution in [1.29, 1.82) is 0 Å². The van der Waals surface area contributed by atoms with Crippen LogP contribution in [-0.4, -0.2) is 104 Å². The van der Waals surface area contributed by atoms with Crippen LogP contribution in [0.15, 0.2) is 30.3 Å². The van der Waals surface area contributed by atoms with E-state index in [0.29, 0.717) is 95.1 Å². The average Bonchev–Trinajstić information content (AvgIpc) is 2.94. The summed E-state index contributed by atoms with van der Waals surface area (Å²) in [5, 5.41) is 19.0. The van der Waals surface area contributed by atoms with E-state index >= 15 is 0 Å². The molecule has 4 N–H and O–H groups in total. The zero-order chi connectivity index (χ0) is 27.0. The number of hydrogen-bond acceptors (Lipinski definition) is 11. The van der Waals surface area contributed by atoms with Gasteiger partial charge in [0.25, 0.3) is 5.91 Å². The third-order valence-electron chi connectivity index (χ3n) is 5.70. The highest BCUT2D eigenvalue weighted by Gasteiger charge is 2.18. The molecule has 0 unspecified atom stereocenters. The summed E-state index contributed by atoms with van der Waals surface area (Å²) < 4.78 is 16.6. The van der Waals surface area contributed by atoms with Crippen LogP contribution >= 0.6 is 0 Å². The summed E-state index contributed by atoms with van der Waals surface area (Å²) in [6.07, 6.45) is 0.799. The van der Waals surface area contributed by atoms with Gasteiger partial charge in [0.2, 0.25) is 17.8 Å². The molecule has 2 aromatic rings. The van der Waals surface area contributed by atoms with Crippen molar-refractivity contribution in [2.75, 3.05) is 88.0 Å². The molecule has 1 aliphatic rings. The molecule has 1 saturated heterocycles. The van der Waals surface area contributed by atoms with E-state index in [1.807, 2.05) is 18.2 Å². The van der Waals surface area contributed by atoms with E-state index in [4.69, 9.17) is 14.2 Å². The molecule has 12 heteroatoms. The van der Waals surface area contributed by atoms with E-state index in [9.17, 15) is 9.90 Å². The highest BCUT2D eigenvalue weighted by molar-refractivity contribution is 5.94. The van der Waals surface area contributed by atoms with Crippen LogP contribution in [0.1, 0.15) is 30.6 Å². The van der Waals surface area contributed by atoms with Crippen molar-refractivity contribution in [1.82, 2.24) is 20.3 Å². The van der Waals surface area contributed by atoms with Crippen LogP contribution in [0, 0.1) is 5.92 Å². The molecule has 1 aromatic carbocycles. The van der Waals surface area contributed by atoms with Crippen LogP contribution in [0.3, 0.4) is 0 Å². The monoisotopic (exact) mass is 531 g/mol. The lowest BCUT2D eigenvalue weighted by molar-refractivity contribution is 0.0519. The lowest BCUT2D eigenvalue weighted by Gasteiger charge is -2.27. The van der Waals surface area contributed by atoms with Gasteiger partial charge >= 0.3 is 0 Å². The van der Waals surface area contributed by atoms with Gasteiger partial charge < -0.3 is 40.2 Å². The van der Waals surface area contributed by atoms with Crippen LogP contribution in [0.25, 0.3) is 0 Å². The van der Waals surface area contributed by atoms with Gasteiger partial charge in [-0.15, -0.1) is 0 Å². The number of rotatable bonds is 17. The van der Waals surface area contributed by atoms with Gasteiger partial charge in [0, 0.05) is 31.7 Å². The van der Waals surface area contributed by atoms with Gasteiger partial charge in [0.1, 0.15) is 0 Å². The predicted octanol–water partition coefficient (Wildman–Crippen LogP) is 1.40. The molecule has 12 nitrogen and oxygen atoms in total. The smallest absolute Gasteiger partial charge is 0.251 e. The maximum atomic E-state index is 12.0. The van der Waals surface area contributed by atoms with Gasteiger partial charge in [-0.25, -0.2) is 0 Å². The Kier molecular flexibility index (Phi) is 13.0. The van der Waals surface area contributed by atoms with Crippen LogP contribution in [0.4, 0.5) is 17.8 Å². The van der Waals surface area contributed by atoms with Gasteiger partial charge in [0.05, 0.1) is 52.3 Å². The first-order valence-corrected chi connectivity index (χ1v) is 13.2. The Morgan fingerprint density at radius 3 is 2.37 bits per heavy atom. The molecular formula is C26H41N7O5. The second-order valence-electron chi connectivity index (χ2n) is 9.31. The van der Waals surface area contributed by atoms with E-state index in [1.165, 1.54) is 0 Å². The van der Waals surface area contributed by atoms with Crippen molar-refractivity contribution in [3.05, 3.63) is 35.9 Å². The maximum absolute atomic E-state index is 12.0. The van der Waals surface area contributed by atoms with Crippen molar-refractivity contribution in [3.63, 3.8) is 0 Å². The molecule has 210 valence electrons. The number of nitrogens with zero attached hydrogens (tertiary/aromatic N) is 4. The minimum Gasteiger partial charge on any atom is -0.394 e. The molecule has 0 saturated carbocycles. The summed E-state index contributed by atoms with van der Waals surface area (Å²) in [5.41, 5.74) is 0.630. The van der Waals surface area contributed by atoms with E-state index in [0.717, 1.165) is 6.42 Å². The predicted molar refractivity (Wildman–Crippen MR) is 146 cm³/mol. The Hall–Kier alpha value is -3.06. The number of aromatic nitrogens is 3. The zero-order valence-corrected chi connectivity index (χ0v) is 22.4. The molecule has 38 heavy (non-hydrogen) atoms. The number of aliphatic hydroxyl groups excluding tert-OH is 1. The van der Waals surface area contributed by atoms with Crippen molar-refractivity contribution >= 4 is 23.8 Å². The topological polar surface area (TPSA) is 143 Å². The quantitative estimate of drug-likeness (QED) is 0.220. The molecule has 1 aromatic heterocycles. The molecule has 1 amide bonds. The summed E-state index contributed by atoms with van der Waals surface area (Å²) in [5.74, 6) is 1.75. The first kappa shape index (κ1) is 29.5. The number of amides is 1. The highest BCUT2D eigenvalue weighted by Crippen LogP contribution is 2.17. The summed E-state index contributed by atoms with van der Waals surface area (Å²) in [6.45, 7) is 9.54. The van der Waals surface area contributed by atoms with E-state index in [1.54, 1.807) is 12.1 Å². The molecule has 2 heterocycles. The van der Waals surface area contributed by atoms with Gasteiger partial charge in [-0.1, -0.05) is 32.0 Å². The maximum Gasteiger partial charge on any atom is 0.251 e. The van der Waals surface area contributed by atoms with E-state index < -0.39 is 0 Å². The fourth-order valence-electron chi connectivity index (χ4n) is 3.83. The second-order valence-corrected chi connectivity index (χ2v) is 9.31. The summed E-state index contributed by atoms with van der Waals surface area (Å²) in [7, 11) is 0. The molecular weight excluding hydrogens is 490 g/mol. The van der Waals surface area contributed by atoms with E-state index in [-0.39, 0.29) is 18.6 Å². The highest BCUT2D eigenvalue weighted by atomic mass is 16.5. The minimum absolute atomic E-state index is 0.00514. The van der Waals surface area contributed by atoms with Crippen LogP contribution < -0.4 is 20.9 Å². The van der Waals surface area contributed by atoms with E-state index in [2.05, 4.69) is 49.6 Å². The second kappa shape index (κ2) is 16.7. The van der Waals surface area contributed by atoms with Crippen molar-refractivity contribution in [2.24, 2.45) is 5.92 Å². The van der Waals surface area contributed by atoms with Crippen molar-refractivity contribution in [3.8, 4) is 0 Å². The number of benzene rings is 1. The molecule has 1 aliphatic heterocycles. The third kappa shape index (κ3) is 10.7. The van der Waals surface area contributed by atoms with Gasteiger partial charge in [-0.2, -0.15) is 15.0 Å². The first-order chi connectivity index (χ1) is 18.5. The number of carbonyl (C=O) groups is 1. The molecule has 0 bridgehead atoms. The standard InChI is InChI=1S/C26H41N7O5/c1-20(2)18-22(19-34)29-25-30-24(31-26(32-25)33-10-14-38-15-11-33)28-9-13-37-17-16-36-12-8-27-23(35)21-6-4-3-5-7-21/h3-7,20,22,34H,8-19H2,1-2H3,(H,27,35)(H2,28,29,30,31,32)/t22-/m1/s1. The molecule has 1 fully saturated rings. The first-order valence-electron chi connectivity index (χ1n) is 13.2. The molecule has 3 rings (SSSR count). The van der Waals surface area contributed by atoms with Gasteiger partial charge in [-0.3, -0.25) is 4.79 Å². The third-order valence-corrected chi connectivity index (χ3v) is 5.70. The lowest BCUT2D eigenvalue weighted by atomic mass is 10.0. The largest absolute Gasteiger partial charge is 0.394 e. The molecule has 0 spiro atoms. The van der Waals surface area contributed by atoms with Gasteiger partial charge in [0.15, 0.2) is 0 Å². The van der Waals surface area contributed by atoms with Gasteiger partial charge in [-0.05, 0) is 24.5 Å². The van der Waals surface area contributed by atoms with Crippen LogP contribution in [0.2, 0.25) is 0 Å². The number of aliphatic hydroxyl groups is 1. The number of morpholine rings is 1. The molecule has 0 aliphatic carbocycles. The summed E-state index contributed by atoms with van der Waals surface area (Å²) >= 11 is 0. The lowest BCUT2D eigenvalue weighted by Crippen LogP contribution is -2.38. The minimum atomic E-state index is -0.141.